The van der Waals surface area contributed by atoms with E-state index in [1.807, 2.05) is 6.92 Å². The zero-order valence-electron chi connectivity index (χ0n) is 23.5. The molecule has 2 heterocycles. The van der Waals surface area contributed by atoms with Gasteiger partial charge in [0, 0.05) is 30.3 Å². The molecule has 240 valence electrons. The summed E-state index contributed by atoms with van der Waals surface area (Å²) in [5, 5.41) is 89.6. The quantitative estimate of drug-likeness (QED) is 0.146. The average Bonchev–Trinajstić information content (AvgIpc) is 3.45. The first kappa shape index (κ1) is 32.2. The Kier molecular flexibility index (Phi) is 8.22. The smallest absolute Gasteiger partial charge is 0.331 e. The molecule has 0 amide bonds. The molecule has 12 nitrogen and oxygen atoms in total. The molecule has 6 rings (SSSR count). The molecule has 42 heavy (non-hydrogen) atoms. The number of aliphatic hydroxyl groups excluding tert-OH is 6. The van der Waals surface area contributed by atoms with E-state index in [2.05, 4.69) is 0 Å². The summed E-state index contributed by atoms with van der Waals surface area (Å²) in [6.07, 6.45) is -6.68. The van der Waals surface area contributed by atoms with Crippen LogP contribution >= 0.6 is 0 Å². The van der Waals surface area contributed by atoms with Gasteiger partial charge in [-0.1, -0.05) is 14.4 Å². The minimum absolute atomic E-state index is 0. The van der Waals surface area contributed by atoms with E-state index >= 15 is 0 Å². The summed E-state index contributed by atoms with van der Waals surface area (Å²) < 4.78 is 16.7. The van der Waals surface area contributed by atoms with Crippen LogP contribution in [0.3, 0.4) is 0 Å². The minimum Gasteiger partial charge on any atom is -0.458 e. The molecule has 5 fully saturated rings. The van der Waals surface area contributed by atoms with Gasteiger partial charge in [0.2, 0.25) is 0 Å². The number of carbonyl (C=O) groups excluding carboxylic acids is 1. The normalized spacial score (nSPS) is 55.5. The predicted molar refractivity (Wildman–Crippen MR) is 145 cm³/mol. The van der Waals surface area contributed by atoms with E-state index in [0.29, 0.717) is 19.3 Å². The Balaban J connectivity index is 0.00000353. The largest absolute Gasteiger partial charge is 0.458 e. The van der Waals surface area contributed by atoms with Crippen LogP contribution in [0.1, 0.15) is 66.2 Å². The first-order valence-corrected chi connectivity index (χ1v) is 14.9. The second-order valence-corrected chi connectivity index (χ2v) is 13.8. The molecule has 1 saturated heterocycles. The monoisotopic (exact) mass is 600 g/mol. The third-order valence-electron chi connectivity index (χ3n) is 12.2. The number of esters is 1. The fraction of sp³-hybridized carbons (Fsp3) is 0.900. The van der Waals surface area contributed by atoms with Crippen LogP contribution in [0.25, 0.3) is 0 Å². The number of ether oxygens (including phenoxy) is 3. The van der Waals surface area contributed by atoms with Crippen LogP contribution < -0.4 is 0 Å². The number of aliphatic hydroxyl groups is 8. The number of fused-ring (bicyclic) bond motifs is 5. The van der Waals surface area contributed by atoms with Crippen molar-refractivity contribution in [2.24, 2.45) is 28.6 Å². The Labute approximate surface area is 245 Å². The van der Waals surface area contributed by atoms with Crippen molar-refractivity contribution in [2.45, 2.75) is 126 Å². The Hall–Kier alpha value is -1.19. The van der Waals surface area contributed by atoms with Crippen LogP contribution in [0, 0.1) is 28.6 Å². The molecule has 0 bridgehead atoms. The van der Waals surface area contributed by atoms with Crippen LogP contribution in [0.15, 0.2) is 11.6 Å². The Morgan fingerprint density at radius 2 is 1.74 bits per heavy atom. The number of rotatable bonds is 4. The highest BCUT2D eigenvalue weighted by Crippen LogP contribution is 2.70. The van der Waals surface area contributed by atoms with Gasteiger partial charge in [0.15, 0.2) is 6.29 Å². The summed E-state index contributed by atoms with van der Waals surface area (Å²) in [5.74, 6) is -1.93. The number of cyclic esters (lactones) is 1. The van der Waals surface area contributed by atoms with Crippen LogP contribution in [0.5, 0.6) is 0 Å². The van der Waals surface area contributed by atoms with Crippen LogP contribution in [-0.4, -0.2) is 120 Å². The van der Waals surface area contributed by atoms with Crippen molar-refractivity contribution >= 4 is 5.97 Å². The maximum absolute atomic E-state index is 12.4. The fourth-order valence-corrected chi connectivity index (χ4v) is 10.1. The molecule has 2 aliphatic heterocycles. The summed E-state index contributed by atoms with van der Waals surface area (Å²) in [5.41, 5.74) is -4.46. The Morgan fingerprint density at radius 1 is 1.02 bits per heavy atom. The maximum Gasteiger partial charge on any atom is 0.331 e. The van der Waals surface area contributed by atoms with E-state index in [1.54, 1.807) is 0 Å². The van der Waals surface area contributed by atoms with Crippen LogP contribution in [-0.2, 0) is 19.0 Å². The van der Waals surface area contributed by atoms with Crippen molar-refractivity contribution in [3.8, 4) is 0 Å². The maximum atomic E-state index is 12.4. The summed E-state index contributed by atoms with van der Waals surface area (Å²) >= 11 is 0. The summed E-state index contributed by atoms with van der Waals surface area (Å²) in [4.78, 5) is 11.8. The van der Waals surface area contributed by atoms with E-state index in [4.69, 9.17) is 14.2 Å². The van der Waals surface area contributed by atoms with Gasteiger partial charge in [0.1, 0.15) is 24.9 Å². The van der Waals surface area contributed by atoms with Gasteiger partial charge >= 0.3 is 5.97 Å². The second-order valence-electron chi connectivity index (χ2n) is 13.8. The molecule has 0 aromatic heterocycles. The highest BCUT2D eigenvalue weighted by Gasteiger charge is 2.75. The molecule has 6 aliphatic rings. The average molecular weight is 601 g/mol. The van der Waals surface area contributed by atoms with Crippen molar-refractivity contribution in [2.75, 3.05) is 13.2 Å². The van der Waals surface area contributed by atoms with E-state index in [1.165, 1.54) is 13.0 Å². The molecule has 0 aromatic carbocycles. The zero-order valence-corrected chi connectivity index (χ0v) is 23.5. The molecule has 8 N–H and O–H groups in total. The van der Waals surface area contributed by atoms with Crippen molar-refractivity contribution in [3.63, 3.8) is 0 Å². The Bertz CT molecular complexity index is 1080. The van der Waals surface area contributed by atoms with Gasteiger partial charge in [-0.15, -0.1) is 0 Å². The Morgan fingerprint density at radius 3 is 2.38 bits per heavy atom. The van der Waals surface area contributed by atoms with Crippen molar-refractivity contribution in [1.82, 2.24) is 0 Å². The van der Waals surface area contributed by atoms with E-state index in [-0.39, 0.29) is 45.6 Å². The molecule has 0 aromatic rings. The first-order valence-electron chi connectivity index (χ1n) is 14.9. The lowest BCUT2D eigenvalue weighted by Crippen LogP contribution is -2.76. The molecule has 12 heteroatoms. The second kappa shape index (κ2) is 10.7. The van der Waals surface area contributed by atoms with Gasteiger partial charge < -0.3 is 55.1 Å². The third kappa shape index (κ3) is 4.21. The van der Waals surface area contributed by atoms with Crippen molar-refractivity contribution in [3.05, 3.63) is 11.6 Å². The third-order valence-corrected chi connectivity index (χ3v) is 12.2. The molecule has 0 unspecified atom stereocenters. The highest BCUT2D eigenvalue weighted by atomic mass is 16.7. The summed E-state index contributed by atoms with van der Waals surface area (Å²) in [7, 11) is 0. The van der Waals surface area contributed by atoms with E-state index in [9.17, 15) is 45.6 Å². The standard InChI is InChI=1S/C29H44O12.CH4/c1-13-22(34)23(35)24(36)25(40-13)41-15-8-19(32)28(12-30)21-17(3-5-27(28,37)9-15)29(38)6-4-16(14-7-20(33)39-11-14)26(29,2)10-18(21)31;/h7,13,15-19,21-25,30-32,34-38H,3-6,8-12H2,1-2H3;1H4/t13-,15-,16+,17+,18+,19+,21+,22-,23+,24+,25-,26+,27-,28+,29-;/m0./s1. The lowest BCUT2D eigenvalue weighted by molar-refractivity contribution is -0.342. The SMILES string of the molecule is C.C[C@@H]1O[C@@H](O[C@H]2C[C@@H](O)[C@]3(CO)[C@H]4[C@H](O)C[C@]5(C)[C@@H](C6=CC(=O)OC6)CC[C@]5(O)[C@@H]4CC[C@]3(O)C2)[C@H](O)[C@H](O)[C@H]1O. The lowest BCUT2D eigenvalue weighted by atomic mass is 9.40. The molecule has 15 atom stereocenters. The molecule has 4 aliphatic carbocycles. The number of hydrogen-bond acceptors (Lipinski definition) is 12. The van der Waals surface area contributed by atoms with Crippen LogP contribution in [0.4, 0.5) is 0 Å². The van der Waals surface area contributed by atoms with Gasteiger partial charge in [-0.25, -0.2) is 4.79 Å². The molecule has 4 saturated carbocycles. The first-order chi connectivity index (χ1) is 19.2. The van der Waals surface area contributed by atoms with Crippen LogP contribution in [0.2, 0.25) is 0 Å². The highest BCUT2D eigenvalue weighted by molar-refractivity contribution is 5.85. The van der Waals surface area contributed by atoms with E-state index in [0.717, 1.165) is 5.57 Å². The van der Waals surface area contributed by atoms with Gasteiger partial charge in [-0.2, -0.15) is 0 Å². The van der Waals surface area contributed by atoms with Gasteiger partial charge in [0.05, 0.1) is 47.6 Å². The number of hydrogen-bond donors (Lipinski definition) is 8. The number of carbonyl (C=O) groups is 1. The fourth-order valence-electron chi connectivity index (χ4n) is 10.1. The molecule has 0 radical (unpaired) electrons. The summed E-state index contributed by atoms with van der Waals surface area (Å²) in [6.45, 7) is 3.00. The molecular formula is C30H48O12. The van der Waals surface area contributed by atoms with Gasteiger partial charge in [-0.05, 0) is 56.4 Å². The topological polar surface area (TPSA) is 207 Å². The molecular weight excluding hydrogens is 552 g/mol. The van der Waals surface area contributed by atoms with E-state index < -0.39 is 95.5 Å². The zero-order chi connectivity index (χ0) is 29.7. The predicted octanol–water partition coefficient (Wildman–Crippen LogP) is -0.879. The minimum atomic E-state index is -1.67. The summed E-state index contributed by atoms with van der Waals surface area (Å²) in [6, 6.07) is 0. The molecule has 0 spiro atoms. The van der Waals surface area contributed by atoms with Gasteiger partial charge in [0.25, 0.3) is 0 Å². The lowest BCUT2D eigenvalue weighted by Gasteiger charge is -2.68. The van der Waals surface area contributed by atoms with Crippen molar-refractivity contribution < 1.29 is 59.9 Å². The van der Waals surface area contributed by atoms with Gasteiger partial charge in [-0.3, -0.25) is 0 Å². The van der Waals surface area contributed by atoms with Crippen molar-refractivity contribution in [1.29, 1.82) is 0 Å².